The Morgan fingerprint density at radius 1 is 0.636 bits per heavy atom. The van der Waals surface area contributed by atoms with Crippen molar-refractivity contribution in [2.24, 2.45) is 0 Å². The van der Waals surface area contributed by atoms with Gasteiger partial charge in [0.2, 0.25) is 0 Å². The van der Waals surface area contributed by atoms with Crippen molar-refractivity contribution in [3.8, 4) is 45.6 Å². The van der Waals surface area contributed by atoms with Gasteiger partial charge in [0.15, 0.2) is 0 Å². The van der Waals surface area contributed by atoms with Crippen molar-refractivity contribution in [1.29, 1.82) is 0 Å². The molecule has 0 atom stereocenters. The van der Waals surface area contributed by atoms with Crippen LogP contribution in [0.4, 0.5) is 0 Å². The summed E-state index contributed by atoms with van der Waals surface area (Å²) in [7, 11) is 5.90. The summed E-state index contributed by atoms with van der Waals surface area (Å²) in [6, 6.07) is 5.96. The van der Waals surface area contributed by atoms with E-state index in [-0.39, 0.29) is 11.5 Å². The molecule has 0 fully saturated rings. The van der Waals surface area contributed by atoms with Crippen LogP contribution in [0, 0.1) is 0 Å². The van der Waals surface area contributed by atoms with Gasteiger partial charge >= 0.3 is 0 Å². The lowest BCUT2D eigenvalue weighted by Crippen LogP contribution is -1.97. The average molecular weight is 306 g/mol. The van der Waals surface area contributed by atoms with E-state index in [1.165, 1.54) is 46.6 Å². The molecule has 0 aliphatic rings. The van der Waals surface area contributed by atoms with Gasteiger partial charge in [-0.25, -0.2) is 0 Å². The van der Waals surface area contributed by atoms with Crippen molar-refractivity contribution in [2.45, 2.75) is 0 Å². The zero-order valence-corrected chi connectivity index (χ0v) is 12.8. The van der Waals surface area contributed by atoms with Crippen molar-refractivity contribution < 1.29 is 29.2 Å². The minimum Gasteiger partial charge on any atom is -0.508 e. The maximum Gasteiger partial charge on any atom is 0.134 e. The van der Waals surface area contributed by atoms with E-state index < -0.39 is 0 Å². The fraction of sp³-hybridized carbons (Fsp3) is 0.250. The molecule has 2 rings (SSSR count). The van der Waals surface area contributed by atoms with Crippen LogP contribution in [0.25, 0.3) is 11.1 Å². The van der Waals surface area contributed by atoms with Crippen molar-refractivity contribution in [3.05, 3.63) is 24.3 Å². The van der Waals surface area contributed by atoms with Gasteiger partial charge in [-0.15, -0.1) is 0 Å². The van der Waals surface area contributed by atoms with Crippen molar-refractivity contribution >= 4 is 0 Å². The lowest BCUT2D eigenvalue weighted by Gasteiger charge is -2.18. The second kappa shape index (κ2) is 6.34. The standard InChI is InChI=1S/C16H18O6/c1-19-10-7-11(18)15(14(8-10)22-4)16-12(20-2)5-9(17)6-13(16)21-3/h5-8,17-18H,1-4H3. The molecule has 0 saturated carbocycles. The third-order valence-electron chi connectivity index (χ3n) is 3.25. The Balaban J connectivity index is 2.81. The molecule has 118 valence electrons. The number of benzene rings is 2. The third-order valence-corrected chi connectivity index (χ3v) is 3.25. The summed E-state index contributed by atoms with van der Waals surface area (Å²) in [5.74, 6) is 1.46. The van der Waals surface area contributed by atoms with Gasteiger partial charge in [-0.1, -0.05) is 0 Å². The molecule has 2 aromatic carbocycles. The van der Waals surface area contributed by atoms with E-state index in [4.69, 9.17) is 18.9 Å². The van der Waals surface area contributed by atoms with Crippen molar-refractivity contribution in [1.82, 2.24) is 0 Å². The van der Waals surface area contributed by atoms with Gasteiger partial charge in [0.05, 0.1) is 39.6 Å². The Kier molecular flexibility index (Phi) is 4.50. The highest BCUT2D eigenvalue weighted by Gasteiger charge is 2.22. The predicted octanol–water partition coefficient (Wildman–Crippen LogP) is 2.80. The van der Waals surface area contributed by atoms with Gasteiger partial charge in [0, 0.05) is 24.3 Å². The summed E-state index contributed by atoms with van der Waals surface area (Å²) in [6.07, 6.45) is 0. The first-order chi connectivity index (χ1) is 10.5. The van der Waals surface area contributed by atoms with Crippen LogP contribution in [-0.4, -0.2) is 38.7 Å². The Hall–Kier alpha value is -2.76. The summed E-state index contributed by atoms with van der Waals surface area (Å²) in [5.41, 5.74) is 0.858. The summed E-state index contributed by atoms with van der Waals surface area (Å²) in [5, 5.41) is 20.1. The Morgan fingerprint density at radius 2 is 1.14 bits per heavy atom. The topological polar surface area (TPSA) is 77.4 Å². The van der Waals surface area contributed by atoms with E-state index in [0.29, 0.717) is 34.1 Å². The van der Waals surface area contributed by atoms with Gasteiger partial charge < -0.3 is 29.2 Å². The van der Waals surface area contributed by atoms with Crippen LogP contribution in [0.3, 0.4) is 0 Å². The van der Waals surface area contributed by atoms with Crippen LogP contribution in [0.1, 0.15) is 0 Å². The Labute approximate surface area is 128 Å². The molecule has 0 amide bonds. The second-order valence-electron chi connectivity index (χ2n) is 4.45. The van der Waals surface area contributed by atoms with Crippen LogP contribution in [0.15, 0.2) is 24.3 Å². The van der Waals surface area contributed by atoms with E-state index in [1.807, 2.05) is 0 Å². The van der Waals surface area contributed by atoms with Crippen LogP contribution < -0.4 is 18.9 Å². The van der Waals surface area contributed by atoms with Gasteiger partial charge in [-0.2, -0.15) is 0 Å². The average Bonchev–Trinajstić information content (AvgIpc) is 2.53. The van der Waals surface area contributed by atoms with E-state index in [2.05, 4.69) is 0 Å². The molecule has 0 radical (unpaired) electrons. The quantitative estimate of drug-likeness (QED) is 0.884. The van der Waals surface area contributed by atoms with E-state index in [1.54, 1.807) is 6.07 Å². The summed E-state index contributed by atoms with van der Waals surface area (Å²) >= 11 is 0. The number of hydrogen-bond acceptors (Lipinski definition) is 6. The second-order valence-corrected chi connectivity index (χ2v) is 4.45. The van der Waals surface area contributed by atoms with E-state index >= 15 is 0 Å². The SMILES string of the molecule is COc1cc(O)c(-c2c(OC)cc(O)cc2OC)c(OC)c1. The molecule has 6 heteroatoms. The minimum absolute atomic E-state index is 0.00980. The third kappa shape index (κ3) is 2.67. The number of methoxy groups -OCH3 is 4. The maximum atomic E-state index is 10.4. The molecule has 0 bridgehead atoms. The highest BCUT2D eigenvalue weighted by molar-refractivity contribution is 5.86. The number of phenols is 2. The van der Waals surface area contributed by atoms with Gasteiger partial charge in [-0.05, 0) is 0 Å². The summed E-state index contributed by atoms with van der Waals surface area (Å²) < 4.78 is 21.0. The zero-order valence-electron chi connectivity index (χ0n) is 12.8. The fourth-order valence-electron chi connectivity index (χ4n) is 2.25. The molecule has 22 heavy (non-hydrogen) atoms. The van der Waals surface area contributed by atoms with Crippen LogP contribution in [0.5, 0.6) is 34.5 Å². The fourth-order valence-corrected chi connectivity index (χ4v) is 2.25. The molecular weight excluding hydrogens is 288 g/mol. The highest BCUT2D eigenvalue weighted by Crippen LogP contribution is 2.50. The lowest BCUT2D eigenvalue weighted by atomic mass is 10.00. The molecule has 2 N–H and O–H groups in total. The number of hydrogen-bond donors (Lipinski definition) is 2. The molecule has 6 nitrogen and oxygen atoms in total. The maximum absolute atomic E-state index is 10.4. The molecule has 0 heterocycles. The zero-order chi connectivity index (χ0) is 16.3. The lowest BCUT2D eigenvalue weighted by molar-refractivity contribution is 0.378. The highest BCUT2D eigenvalue weighted by atomic mass is 16.5. The molecule has 2 aromatic rings. The molecule has 0 aliphatic carbocycles. The summed E-state index contributed by atoms with van der Waals surface area (Å²) in [6.45, 7) is 0. The van der Waals surface area contributed by atoms with E-state index in [9.17, 15) is 10.2 Å². The van der Waals surface area contributed by atoms with Crippen molar-refractivity contribution in [3.63, 3.8) is 0 Å². The molecular formula is C16H18O6. The number of phenolic OH excluding ortho intramolecular Hbond substituents is 2. The number of ether oxygens (including phenoxy) is 4. The first-order valence-electron chi connectivity index (χ1n) is 6.46. The molecule has 0 aliphatic heterocycles. The monoisotopic (exact) mass is 306 g/mol. The normalized spacial score (nSPS) is 10.2. The Morgan fingerprint density at radius 3 is 1.59 bits per heavy atom. The Bertz CT molecular complexity index is 656. The summed E-state index contributed by atoms with van der Waals surface area (Å²) in [4.78, 5) is 0. The van der Waals surface area contributed by atoms with Gasteiger partial charge in [0.1, 0.15) is 34.5 Å². The van der Waals surface area contributed by atoms with Gasteiger partial charge in [-0.3, -0.25) is 0 Å². The van der Waals surface area contributed by atoms with E-state index in [0.717, 1.165) is 0 Å². The van der Waals surface area contributed by atoms with Crippen LogP contribution in [-0.2, 0) is 0 Å². The minimum atomic E-state index is -0.0570. The molecule has 0 spiro atoms. The number of aromatic hydroxyl groups is 2. The predicted molar refractivity (Wildman–Crippen MR) is 81.4 cm³/mol. The molecule has 0 aromatic heterocycles. The van der Waals surface area contributed by atoms with Crippen LogP contribution in [0.2, 0.25) is 0 Å². The largest absolute Gasteiger partial charge is 0.508 e. The number of rotatable bonds is 5. The molecule has 0 saturated heterocycles. The van der Waals surface area contributed by atoms with Crippen LogP contribution >= 0.6 is 0 Å². The first kappa shape index (κ1) is 15.6. The first-order valence-corrected chi connectivity index (χ1v) is 6.46. The smallest absolute Gasteiger partial charge is 0.134 e. The van der Waals surface area contributed by atoms with Crippen molar-refractivity contribution in [2.75, 3.05) is 28.4 Å². The molecule has 0 unspecified atom stereocenters. The van der Waals surface area contributed by atoms with Gasteiger partial charge in [0.25, 0.3) is 0 Å².